The first kappa shape index (κ1) is 16.0. The second kappa shape index (κ2) is 7.16. The summed E-state index contributed by atoms with van der Waals surface area (Å²) < 4.78 is 0. The Kier molecular flexibility index (Phi) is 4.79. The van der Waals surface area contributed by atoms with Crippen LogP contribution < -0.4 is 5.32 Å². The van der Waals surface area contributed by atoms with Crippen molar-refractivity contribution >= 4 is 12.0 Å². The maximum absolute atomic E-state index is 12.5. The molecule has 3 N–H and O–H groups in total. The Morgan fingerprint density at radius 1 is 1.29 bits per heavy atom. The fourth-order valence-corrected chi connectivity index (χ4v) is 2.96. The Labute approximate surface area is 139 Å². The molecule has 1 unspecified atom stereocenters. The van der Waals surface area contributed by atoms with Gasteiger partial charge in [-0.15, -0.1) is 0 Å². The number of imidazole rings is 1. The molecule has 2 amide bonds. The summed E-state index contributed by atoms with van der Waals surface area (Å²) in [5.41, 5.74) is 1.10. The van der Waals surface area contributed by atoms with Crippen LogP contribution in [0.2, 0.25) is 0 Å². The van der Waals surface area contributed by atoms with Crippen LogP contribution in [0.15, 0.2) is 36.7 Å². The number of carboxylic acid groups (broad SMARTS) is 1. The van der Waals surface area contributed by atoms with Gasteiger partial charge in [0, 0.05) is 25.5 Å². The normalized spacial score (nSPS) is 17.5. The minimum Gasteiger partial charge on any atom is -0.478 e. The van der Waals surface area contributed by atoms with Gasteiger partial charge in [-0.3, -0.25) is 0 Å². The first-order chi connectivity index (χ1) is 11.6. The number of carbonyl (C=O) groups is 2. The lowest BCUT2D eigenvalue weighted by molar-refractivity contribution is 0.0697. The summed E-state index contributed by atoms with van der Waals surface area (Å²) in [6.45, 7) is 1.06. The summed E-state index contributed by atoms with van der Waals surface area (Å²) >= 11 is 0. The molecule has 0 spiro atoms. The van der Waals surface area contributed by atoms with E-state index in [1.165, 1.54) is 12.1 Å². The number of hydrogen-bond acceptors (Lipinski definition) is 3. The number of nitrogens with zero attached hydrogens (tertiary/aromatic N) is 2. The third-order valence-electron chi connectivity index (χ3n) is 4.24. The molecule has 0 saturated carbocycles. The van der Waals surface area contributed by atoms with Gasteiger partial charge in [0.15, 0.2) is 0 Å². The van der Waals surface area contributed by atoms with Crippen molar-refractivity contribution in [3.05, 3.63) is 53.6 Å². The zero-order chi connectivity index (χ0) is 16.9. The van der Waals surface area contributed by atoms with Gasteiger partial charge in [-0.1, -0.05) is 12.1 Å². The molecule has 1 saturated heterocycles. The van der Waals surface area contributed by atoms with Gasteiger partial charge in [0.25, 0.3) is 0 Å². The largest absolute Gasteiger partial charge is 0.478 e. The fraction of sp³-hybridized carbons (Fsp3) is 0.353. The van der Waals surface area contributed by atoms with Gasteiger partial charge in [0.2, 0.25) is 0 Å². The summed E-state index contributed by atoms with van der Waals surface area (Å²) in [4.78, 5) is 32.6. The molecule has 2 aromatic rings. The van der Waals surface area contributed by atoms with E-state index in [0.29, 0.717) is 13.1 Å². The molecule has 0 bridgehead atoms. The van der Waals surface area contributed by atoms with E-state index in [-0.39, 0.29) is 17.6 Å². The number of carboxylic acids is 1. The summed E-state index contributed by atoms with van der Waals surface area (Å²) in [7, 11) is 0. The summed E-state index contributed by atoms with van der Waals surface area (Å²) in [5.74, 6) is -0.143. The molecule has 24 heavy (non-hydrogen) atoms. The average molecular weight is 328 g/mol. The zero-order valence-corrected chi connectivity index (χ0v) is 13.2. The number of H-pyrrole nitrogens is 1. The van der Waals surface area contributed by atoms with E-state index in [1.54, 1.807) is 24.5 Å². The number of nitrogens with one attached hydrogen (secondary N) is 2. The third-order valence-corrected chi connectivity index (χ3v) is 4.24. The minimum atomic E-state index is -0.958. The molecule has 0 radical (unpaired) electrons. The highest BCUT2D eigenvalue weighted by Crippen LogP contribution is 2.28. The van der Waals surface area contributed by atoms with Crippen molar-refractivity contribution in [2.24, 2.45) is 0 Å². The lowest BCUT2D eigenvalue weighted by Gasteiger charge is -2.34. The van der Waals surface area contributed by atoms with Crippen molar-refractivity contribution in [1.82, 2.24) is 20.2 Å². The van der Waals surface area contributed by atoms with E-state index in [0.717, 1.165) is 30.7 Å². The smallest absolute Gasteiger partial charge is 0.335 e. The lowest BCUT2D eigenvalue weighted by atomic mass is 10.0. The quantitative estimate of drug-likeness (QED) is 0.803. The Hall–Kier alpha value is -2.83. The first-order valence-electron chi connectivity index (χ1n) is 8.01. The number of rotatable bonds is 4. The first-order valence-corrected chi connectivity index (χ1v) is 8.01. The van der Waals surface area contributed by atoms with Crippen LogP contribution in [-0.2, 0) is 6.54 Å². The Morgan fingerprint density at radius 3 is 2.75 bits per heavy atom. The molecule has 1 aromatic carbocycles. The predicted octanol–water partition coefficient (Wildman–Crippen LogP) is 2.54. The molecular formula is C17H20N4O3. The van der Waals surface area contributed by atoms with Crippen LogP contribution in [0.5, 0.6) is 0 Å². The van der Waals surface area contributed by atoms with Crippen LogP contribution in [0.1, 0.15) is 47.1 Å². The SMILES string of the molecule is O=C(O)c1ccc(CNC(=O)N2CCCCC2c2ncc[nH]2)cc1. The number of aromatic nitrogens is 2. The van der Waals surface area contributed by atoms with E-state index in [1.807, 2.05) is 4.90 Å². The summed E-state index contributed by atoms with van der Waals surface area (Å²) in [5, 5.41) is 11.8. The standard InChI is InChI=1S/C17H20N4O3/c22-16(23)13-6-4-12(5-7-13)11-20-17(24)21-10-2-1-3-14(21)15-18-8-9-19-15/h4-9,14H,1-3,10-11H2,(H,18,19)(H,20,24)(H,22,23). The monoisotopic (exact) mass is 328 g/mol. The lowest BCUT2D eigenvalue weighted by Crippen LogP contribution is -2.44. The van der Waals surface area contributed by atoms with Crippen molar-refractivity contribution in [2.45, 2.75) is 31.8 Å². The van der Waals surface area contributed by atoms with Crippen LogP contribution in [0.25, 0.3) is 0 Å². The maximum atomic E-state index is 12.5. The Bertz CT molecular complexity index is 697. The summed E-state index contributed by atoms with van der Waals surface area (Å²) in [6.07, 6.45) is 6.42. The highest BCUT2D eigenvalue weighted by atomic mass is 16.4. The van der Waals surface area contributed by atoms with Crippen LogP contribution in [0.3, 0.4) is 0 Å². The van der Waals surface area contributed by atoms with Gasteiger partial charge in [0.1, 0.15) is 5.82 Å². The van der Waals surface area contributed by atoms with Crippen molar-refractivity contribution in [2.75, 3.05) is 6.54 Å². The minimum absolute atomic E-state index is 0.0249. The van der Waals surface area contributed by atoms with Gasteiger partial charge in [-0.05, 0) is 37.0 Å². The molecule has 126 valence electrons. The fourth-order valence-electron chi connectivity index (χ4n) is 2.96. The third kappa shape index (κ3) is 3.56. The summed E-state index contributed by atoms with van der Waals surface area (Å²) in [6, 6.07) is 6.35. The number of urea groups is 1. The number of aromatic carboxylic acids is 1. The average Bonchev–Trinajstić information content (AvgIpc) is 3.14. The number of benzene rings is 1. The number of likely N-dealkylation sites (tertiary alicyclic amines) is 1. The molecule has 1 aliphatic heterocycles. The Balaban J connectivity index is 1.62. The second-order valence-corrected chi connectivity index (χ2v) is 5.84. The maximum Gasteiger partial charge on any atom is 0.335 e. The molecule has 1 fully saturated rings. The molecule has 7 nitrogen and oxygen atoms in total. The highest BCUT2D eigenvalue weighted by molar-refractivity contribution is 5.87. The molecular weight excluding hydrogens is 308 g/mol. The molecule has 1 atom stereocenters. The number of aromatic amines is 1. The van der Waals surface area contributed by atoms with E-state index >= 15 is 0 Å². The van der Waals surface area contributed by atoms with Gasteiger partial charge in [-0.25, -0.2) is 14.6 Å². The van der Waals surface area contributed by atoms with Crippen LogP contribution in [0.4, 0.5) is 4.79 Å². The highest BCUT2D eigenvalue weighted by Gasteiger charge is 2.29. The van der Waals surface area contributed by atoms with Crippen molar-refractivity contribution in [3.63, 3.8) is 0 Å². The number of carbonyl (C=O) groups excluding carboxylic acids is 1. The van der Waals surface area contributed by atoms with Gasteiger partial charge >= 0.3 is 12.0 Å². The number of piperidine rings is 1. The molecule has 2 heterocycles. The molecule has 0 aliphatic carbocycles. The molecule has 7 heteroatoms. The van der Waals surface area contributed by atoms with Crippen molar-refractivity contribution < 1.29 is 14.7 Å². The number of hydrogen-bond donors (Lipinski definition) is 3. The molecule has 3 rings (SSSR count). The van der Waals surface area contributed by atoms with Gasteiger partial charge in [-0.2, -0.15) is 0 Å². The predicted molar refractivity (Wildman–Crippen MR) is 87.5 cm³/mol. The second-order valence-electron chi connectivity index (χ2n) is 5.84. The van der Waals surface area contributed by atoms with Crippen LogP contribution >= 0.6 is 0 Å². The van der Waals surface area contributed by atoms with E-state index < -0.39 is 5.97 Å². The van der Waals surface area contributed by atoms with Crippen molar-refractivity contribution in [3.8, 4) is 0 Å². The van der Waals surface area contributed by atoms with Crippen LogP contribution in [-0.4, -0.2) is 38.5 Å². The van der Waals surface area contributed by atoms with Gasteiger partial charge < -0.3 is 20.3 Å². The topological polar surface area (TPSA) is 98.3 Å². The molecule has 1 aromatic heterocycles. The van der Waals surface area contributed by atoms with E-state index in [9.17, 15) is 9.59 Å². The zero-order valence-electron chi connectivity index (χ0n) is 13.2. The van der Waals surface area contributed by atoms with Crippen molar-refractivity contribution in [1.29, 1.82) is 0 Å². The van der Waals surface area contributed by atoms with Gasteiger partial charge in [0.05, 0.1) is 11.6 Å². The molecule has 1 aliphatic rings. The Morgan fingerprint density at radius 2 is 2.08 bits per heavy atom. The van der Waals surface area contributed by atoms with E-state index in [2.05, 4.69) is 15.3 Å². The number of amides is 2. The van der Waals surface area contributed by atoms with Crippen LogP contribution in [0, 0.1) is 0 Å². The van der Waals surface area contributed by atoms with E-state index in [4.69, 9.17) is 5.11 Å².